The van der Waals surface area contributed by atoms with E-state index in [1.165, 1.54) is 12.0 Å². The molecule has 0 aliphatic carbocycles. The molecule has 0 atom stereocenters. The second-order valence-corrected chi connectivity index (χ2v) is 6.03. The molecule has 1 aromatic carbocycles. The number of hydrogen-bond donors (Lipinski definition) is 1. The van der Waals surface area contributed by atoms with E-state index in [1.807, 2.05) is 11.8 Å². The van der Waals surface area contributed by atoms with Crippen LogP contribution in [-0.4, -0.2) is 65.3 Å². The lowest BCUT2D eigenvalue weighted by Crippen LogP contribution is -2.48. The third-order valence-electron chi connectivity index (χ3n) is 4.27. The standard InChI is InChI=1S/C18H20N4O5/c1-12-3-4-13(16(23)26-2)11-14(12)27-15-5-6-19-17(20-15)21-7-9-22(10-8-21)18(24)25/h3-6,11H,7-10H2,1-2H3,(H,24,25). The van der Waals surface area contributed by atoms with Gasteiger partial charge in [0.15, 0.2) is 0 Å². The molecule has 9 nitrogen and oxygen atoms in total. The highest BCUT2D eigenvalue weighted by Gasteiger charge is 2.22. The summed E-state index contributed by atoms with van der Waals surface area (Å²) in [5.74, 6) is 0.864. The molecule has 0 radical (unpaired) electrons. The number of piperazine rings is 1. The van der Waals surface area contributed by atoms with Crippen LogP contribution < -0.4 is 9.64 Å². The highest BCUT2D eigenvalue weighted by Crippen LogP contribution is 2.26. The van der Waals surface area contributed by atoms with E-state index < -0.39 is 12.1 Å². The molecule has 1 aromatic heterocycles. The van der Waals surface area contributed by atoms with E-state index in [2.05, 4.69) is 9.97 Å². The lowest BCUT2D eigenvalue weighted by molar-refractivity contribution is 0.0600. The van der Waals surface area contributed by atoms with Gasteiger partial charge < -0.3 is 24.4 Å². The van der Waals surface area contributed by atoms with E-state index in [0.29, 0.717) is 49.3 Å². The molecule has 0 bridgehead atoms. The Labute approximate surface area is 156 Å². The fraction of sp³-hybridized carbons (Fsp3) is 0.333. The fourth-order valence-electron chi connectivity index (χ4n) is 2.71. The summed E-state index contributed by atoms with van der Waals surface area (Å²) in [6, 6.07) is 6.67. The van der Waals surface area contributed by atoms with Gasteiger partial charge in [-0.3, -0.25) is 0 Å². The van der Waals surface area contributed by atoms with Gasteiger partial charge in [0.05, 0.1) is 12.7 Å². The number of esters is 1. The Morgan fingerprint density at radius 2 is 1.89 bits per heavy atom. The normalized spacial score (nSPS) is 14.0. The minimum atomic E-state index is -0.923. The monoisotopic (exact) mass is 372 g/mol. The van der Waals surface area contributed by atoms with E-state index in [9.17, 15) is 9.59 Å². The van der Waals surface area contributed by atoms with E-state index >= 15 is 0 Å². The molecule has 1 N–H and O–H groups in total. The minimum Gasteiger partial charge on any atom is -0.465 e. The molecule has 1 saturated heterocycles. The van der Waals surface area contributed by atoms with Gasteiger partial charge in [-0.15, -0.1) is 0 Å². The van der Waals surface area contributed by atoms with Crippen molar-refractivity contribution in [3.05, 3.63) is 41.6 Å². The van der Waals surface area contributed by atoms with Crippen molar-refractivity contribution in [3.63, 3.8) is 0 Å². The minimum absolute atomic E-state index is 0.339. The summed E-state index contributed by atoms with van der Waals surface area (Å²) in [6.45, 7) is 3.66. The number of anilines is 1. The van der Waals surface area contributed by atoms with Crippen LogP contribution in [0.3, 0.4) is 0 Å². The smallest absolute Gasteiger partial charge is 0.407 e. The number of hydrogen-bond acceptors (Lipinski definition) is 7. The number of benzene rings is 1. The van der Waals surface area contributed by atoms with Crippen molar-refractivity contribution in [2.75, 3.05) is 38.2 Å². The van der Waals surface area contributed by atoms with Gasteiger partial charge in [-0.25, -0.2) is 14.6 Å². The number of carbonyl (C=O) groups excluding carboxylic acids is 1. The van der Waals surface area contributed by atoms with E-state index in [-0.39, 0.29) is 0 Å². The summed E-state index contributed by atoms with van der Waals surface area (Å²) in [6.07, 6.45) is 0.661. The molecule has 9 heteroatoms. The zero-order valence-corrected chi connectivity index (χ0v) is 15.1. The quantitative estimate of drug-likeness (QED) is 0.814. The van der Waals surface area contributed by atoms with Crippen LogP contribution >= 0.6 is 0 Å². The number of nitrogens with zero attached hydrogens (tertiary/aromatic N) is 4. The molecule has 3 rings (SSSR count). The van der Waals surface area contributed by atoms with Crippen LogP contribution in [0.4, 0.5) is 10.7 Å². The molecule has 142 valence electrons. The molecule has 0 saturated carbocycles. The van der Waals surface area contributed by atoms with Gasteiger partial charge in [0.1, 0.15) is 5.75 Å². The molecule has 1 amide bonds. The Bertz CT molecular complexity index is 849. The van der Waals surface area contributed by atoms with E-state index in [0.717, 1.165) is 5.56 Å². The zero-order valence-electron chi connectivity index (χ0n) is 15.1. The zero-order chi connectivity index (χ0) is 19.4. The van der Waals surface area contributed by atoms with Crippen LogP contribution in [0.15, 0.2) is 30.5 Å². The first kappa shape index (κ1) is 18.4. The van der Waals surface area contributed by atoms with Gasteiger partial charge in [-0.05, 0) is 24.6 Å². The van der Waals surface area contributed by atoms with Gasteiger partial charge in [0.2, 0.25) is 11.8 Å². The molecule has 2 aromatic rings. The van der Waals surface area contributed by atoms with Crippen LogP contribution in [0.2, 0.25) is 0 Å². The van der Waals surface area contributed by atoms with Crippen molar-refractivity contribution in [2.45, 2.75) is 6.92 Å². The Morgan fingerprint density at radius 1 is 1.15 bits per heavy atom. The van der Waals surface area contributed by atoms with Gasteiger partial charge in [-0.2, -0.15) is 4.98 Å². The summed E-state index contributed by atoms with van der Waals surface area (Å²) in [5.41, 5.74) is 1.23. The molecule has 1 aliphatic rings. The SMILES string of the molecule is COC(=O)c1ccc(C)c(Oc2ccnc(N3CCN(C(=O)O)CC3)n2)c1. The van der Waals surface area contributed by atoms with Crippen LogP contribution in [0.25, 0.3) is 0 Å². The largest absolute Gasteiger partial charge is 0.465 e. The fourth-order valence-corrected chi connectivity index (χ4v) is 2.71. The molecule has 27 heavy (non-hydrogen) atoms. The molecular formula is C18H20N4O5. The van der Waals surface area contributed by atoms with Crippen molar-refractivity contribution < 1.29 is 24.2 Å². The Kier molecular flexibility index (Phi) is 5.39. The van der Waals surface area contributed by atoms with Crippen LogP contribution in [-0.2, 0) is 4.74 Å². The number of carbonyl (C=O) groups is 2. The number of ether oxygens (including phenoxy) is 2. The summed E-state index contributed by atoms with van der Waals surface area (Å²) >= 11 is 0. The molecule has 2 heterocycles. The number of carboxylic acid groups (broad SMARTS) is 1. The first-order valence-electron chi connectivity index (χ1n) is 8.40. The average molecular weight is 372 g/mol. The maximum absolute atomic E-state index is 11.7. The second kappa shape index (κ2) is 7.90. The van der Waals surface area contributed by atoms with Crippen LogP contribution in [0.1, 0.15) is 15.9 Å². The first-order valence-corrected chi connectivity index (χ1v) is 8.40. The number of aromatic nitrogens is 2. The van der Waals surface area contributed by atoms with Gasteiger partial charge >= 0.3 is 12.1 Å². The molecule has 0 spiro atoms. The maximum atomic E-state index is 11.7. The lowest BCUT2D eigenvalue weighted by Gasteiger charge is -2.33. The van der Waals surface area contributed by atoms with Crippen LogP contribution in [0, 0.1) is 6.92 Å². The number of methoxy groups -OCH3 is 1. The molecular weight excluding hydrogens is 352 g/mol. The predicted octanol–water partition coefficient (Wildman–Crippen LogP) is 2.16. The van der Waals surface area contributed by atoms with Crippen molar-refractivity contribution in [3.8, 4) is 11.6 Å². The second-order valence-electron chi connectivity index (χ2n) is 6.03. The van der Waals surface area contributed by atoms with E-state index in [4.69, 9.17) is 14.6 Å². The first-order chi connectivity index (χ1) is 13.0. The highest BCUT2D eigenvalue weighted by molar-refractivity contribution is 5.89. The van der Waals surface area contributed by atoms with Crippen molar-refractivity contribution in [1.29, 1.82) is 0 Å². The molecule has 0 unspecified atom stereocenters. The molecule has 1 aliphatic heterocycles. The van der Waals surface area contributed by atoms with E-state index in [1.54, 1.807) is 30.5 Å². The Morgan fingerprint density at radius 3 is 2.56 bits per heavy atom. The summed E-state index contributed by atoms with van der Waals surface area (Å²) in [4.78, 5) is 34.6. The average Bonchev–Trinajstić information content (AvgIpc) is 2.69. The predicted molar refractivity (Wildman–Crippen MR) is 96.4 cm³/mol. The maximum Gasteiger partial charge on any atom is 0.407 e. The van der Waals surface area contributed by atoms with Gasteiger partial charge in [-0.1, -0.05) is 6.07 Å². The third-order valence-corrected chi connectivity index (χ3v) is 4.27. The number of aryl methyl sites for hydroxylation is 1. The number of rotatable bonds is 4. The molecule has 1 fully saturated rings. The number of amides is 1. The van der Waals surface area contributed by atoms with Crippen molar-refractivity contribution in [2.24, 2.45) is 0 Å². The summed E-state index contributed by atoms with van der Waals surface area (Å²) < 4.78 is 10.6. The lowest BCUT2D eigenvalue weighted by atomic mass is 10.1. The topological polar surface area (TPSA) is 105 Å². The summed E-state index contributed by atoms with van der Waals surface area (Å²) in [7, 11) is 1.32. The summed E-state index contributed by atoms with van der Waals surface area (Å²) in [5, 5.41) is 9.03. The Hall–Kier alpha value is -3.36. The third kappa shape index (κ3) is 4.25. The van der Waals surface area contributed by atoms with Gasteiger partial charge in [0.25, 0.3) is 0 Å². The highest BCUT2D eigenvalue weighted by atomic mass is 16.5. The van der Waals surface area contributed by atoms with Gasteiger partial charge in [0, 0.05) is 38.4 Å². The van der Waals surface area contributed by atoms with Crippen molar-refractivity contribution in [1.82, 2.24) is 14.9 Å². The van der Waals surface area contributed by atoms with Crippen molar-refractivity contribution >= 4 is 18.0 Å². The van der Waals surface area contributed by atoms with Crippen LogP contribution in [0.5, 0.6) is 11.6 Å². The Balaban J connectivity index is 1.75.